The van der Waals surface area contributed by atoms with Gasteiger partial charge in [0.1, 0.15) is 6.04 Å². The number of nitrogens with zero attached hydrogens (tertiary/aromatic N) is 1. The number of nitrogens with one attached hydrogen (secondary N) is 1. The third-order valence-electron chi connectivity index (χ3n) is 4.32. The lowest BCUT2D eigenvalue weighted by Crippen LogP contribution is -2.46. The molecule has 0 saturated carbocycles. The number of amides is 1. The zero-order valence-electron chi connectivity index (χ0n) is 16.5. The summed E-state index contributed by atoms with van der Waals surface area (Å²) in [5, 5.41) is 4.29. The quantitative estimate of drug-likeness (QED) is 0.678. The Kier molecular flexibility index (Phi) is 7.15. The number of fused-ring (bicyclic) bond motifs is 1. The first-order valence-corrected chi connectivity index (χ1v) is 10.4. The van der Waals surface area contributed by atoms with Gasteiger partial charge < -0.3 is 10.1 Å². The van der Waals surface area contributed by atoms with Crippen LogP contribution in [0, 0.1) is 5.92 Å². The highest BCUT2D eigenvalue weighted by atomic mass is 32.2. The molecule has 0 unspecified atom stereocenters. The van der Waals surface area contributed by atoms with E-state index in [1.807, 2.05) is 38.1 Å². The number of methoxy groups -OCH3 is 1. The van der Waals surface area contributed by atoms with Crippen LogP contribution in [0.15, 0.2) is 47.4 Å². The fourth-order valence-electron chi connectivity index (χ4n) is 2.86. The molecular formula is C20H26N2O5S. The van der Waals surface area contributed by atoms with Gasteiger partial charge in [-0.1, -0.05) is 44.2 Å². The van der Waals surface area contributed by atoms with Crippen molar-refractivity contribution in [3.05, 3.63) is 42.5 Å². The maximum Gasteiger partial charge on any atom is 0.328 e. The molecule has 1 N–H and O–H groups in total. The van der Waals surface area contributed by atoms with E-state index < -0.39 is 34.5 Å². The second kappa shape index (κ2) is 9.16. The lowest BCUT2D eigenvalue weighted by molar-refractivity contribution is -0.145. The van der Waals surface area contributed by atoms with E-state index in [1.54, 1.807) is 12.1 Å². The average Bonchev–Trinajstić information content (AvgIpc) is 2.65. The summed E-state index contributed by atoms with van der Waals surface area (Å²) in [6.07, 6.45) is 0.402. The van der Waals surface area contributed by atoms with E-state index in [4.69, 9.17) is 4.74 Å². The molecule has 0 saturated heterocycles. The minimum Gasteiger partial charge on any atom is -0.467 e. The van der Waals surface area contributed by atoms with Crippen molar-refractivity contribution >= 4 is 32.7 Å². The topological polar surface area (TPSA) is 92.8 Å². The molecule has 152 valence electrons. The SMILES string of the molecule is COC(=O)[C@H](CC(C)C)NC(=O)CN(C)S(=O)(=O)c1ccc2ccccc2c1. The number of benzene rings is 2. The second-order valence-corrected chi connectivity index (χ2v) is 9.09. The number of carbonyl (C=O) groups is 2. The summed E-state index contributed by atoms with van der Waals surface area (Å²) in [5.74, 6) is -0.964. The lowest BCUT2D eigenvalue weighted by Gasteiger charge is -2.21. The first-order valence-electron chi connectivity index (χ1n) is 8.97. The fraction of sp³-hybridized carbons (Fsp3) is 0.400. The first-order chi connectivity index (χ1) is 13.1. The maximum atomic E-state index is 12.8. The van der Waals surface area contributed by atoms with Crippen molar-refractivity contribution in [2.45, 2.75) is 31.2 Å². The monoisotopic (exact) mass is 406 g/mol. The zero-order chi connectivity index (χ0) is 20.9. The molecule has 7 nitrogen and oxygen atoms in total. The Bertz CT molecular complexity index is 956. The Labute approximate surface area is 165 Å². The summed E-state index contributed by atoms with van der Waals surface area (Å²) in [4.78, 5) is 24.3. The summed E-state index contributed by atoms with van der Waals surface area (Å²) in [5.41, 5.74) is 0. The fourth-order valence-corrected chi connectivity index (χ4v) is 4.03. The highest BCUT2D eigenvalue weighted by molar-refractivity contribution is 7.89. The number of carbonyl (C=O) groups excluding carboxylic acids is 2. The Morgan fingerprint density at radius 1 is 1.11 bits per heavy atom. The minimum atomic E-state index is -3.85. The molecular weight excluding hydrogens is 380 g/mol. The van der Waals surface area contributed by atoms with Crippen molar-refractivity contribution < 1.29 is 22.7 Å². The van der Waals surface area contributed by atoms with Crippen LogP contribution in [-0.4, -0.2) is 51.3 Å². The number of sulfonamides is 1. The van der Waals surface area contributed by atoms with Gasteiger partial charge in [0.05, 0.1) is 18.6 Å². The molecule has 1 amide bonds. The molecule has 2 rings (SSSR count). The summed E-state index contributed by atoms with van der Waals surface area (Å²) < 4.78 is 31.3. The summed E-state index contributed by atoms with van der Waals surface area (Å²) in [6.45, 7) is 3.43. The average molecular weight is 407 g/mol. The van der Waals surface area contributed by atoms with Gasteiger partial charge in [-0.25, -0.2) is 13.2 Å². The number of esters is 1. The van der Waals surface area contributed by atoms with Gasteiger partial charge in [-0.15, -0.1) is 0 Å². The van der Waals surface area contributed by atoms with Gasteiger partial charge in [-0.2, -0.15) is 4.31 Å². The van der Waals surface area contributed by atoms with E-state index in [1.165, 1.54) is 20.2 Å². The molecule has 0 aliphatic heterocycles. The molecule has 0 aromatic heterocycles. The molecule has 28 heavy (non-hydrogen) atoms. The highest BCUT2D eigenvalue weighted by Gasteiger charge is 2.27. The third-order valence-corrected chi connectivity index (χ3v) is 6.12. The van der Waals surface area contributed by atoms with E-state index in [0.717, 1.165) is 15.1 Å². The van der Waals surface area contributed by atoms with Crippen LogP contribution in [0.1, 0.15) is 20.3 Å². The van der Waals surface area contributed by atoms with Gasteiger partial charge in [-0.3, -0.25) is 4.79 Å². The van der Waals surface area contributed by atoms with Crippen LogP contribution in [0.5, 0.6) is 0 Å². The predicted octanol–water partition coefficient (Wildman–Crippen LogP) is 2.16. The van der Waals surface area contributed by atoms with Crippen molar-refractivity contribution in [2.24, 2.45) is 5.92 Å². The minimum absolute atomic E-state index is 0.105. The van der Waals surface area contributed by atoms with Gasteiger partial charge in [0, 0.05) is 7.05 Å². The Morgan fingerprint density at radius 3 is 2.36 bits per heavy atom. The molecule has 8 heteroatoms. The molecule has 2 aromatic carbocycles. The molecule has 1 atom stereocenters. The van der Waals surface area contributed by atoms with E-state index in [9.17, 15) is 18.0 Å². The standard InChI is InChI=1S/C20H26N2O5S/c1-14(2)11-18(20(24)27-4)21-19(23)13-22(3)28(25,26)17-10-9-15-7-5-6-8-16(15)12-17/h5-10,12,14,18H,11,13H2,1-4H3,(H,21,23)/t18-/m0/s1. The summed E-state index contributed by atoms with van der Waals surface area (Å²) in [6, 6.07) is 11.4. The number of hydrogen-bond acceptors (Lipinski definition) is 5. The van der Waals surface area contributed by atoms with Crippen molar-refractivity contribution in [1.29, 1.82) is 0 Å². The molecule has 0 heterocycles. The molecule has 0 aliphatic rings. The molecule has 0 radical (unpaired) electrons. The van der Waals surface area contributed by atoms with Crippen LogP contribution in [0.4, 0.5) is 0 Å². The summed E-state index contributed by atoms with van der Waals surface area (Å²) >= 11 is 0. The summed E-state index contributed by atoms with van der Waals surface area (Å²) in [7, 11) is -1.27. The molecule has 0 aliphatic carbocycles. The van der Waals surface area contributed by atoms with Gasteiger partial charge >= 0.3 is 5.97 Å². The maximum absolute atomic E-state index is 12.8. The predicted molar refractivity (Wildman–Crippen MR) is 107 cm³/mol. The van der Waals surface area contributed by atoms with Gasteiger partial charge in [0.25, 0.3) is 0 Å². The van der Waals surface area contributed by atoms with Crippen LogP contribution in [0.3, 0.4) is 0 Å². The molecule has 2 aromatic rings. The zero-order valence-corrected chi connectivity index (χ0v) is 17.3. The van der Waals surface area contributed by atoms with Gasteiger partial charge in [0.15, 0.2) is 0 Å². The van der Waals surface area contributed by atoms with Crippen LogP contribution < -0.4 is 5.32 Å². The Hall–Kier alpha value is -2.45. The van der Waals surface area contributed by atoms with E-state index in [-0.39, 0.29) is 10.8 Å². The van der Waals surface area contributed by atoms with Crippen molar-refractivity contribution in [1.82, 2.24) is 9.62 Å². The molecule has 0 spiro atoms. The number of rotatable bonds is 8. The number of hydrogen-bond donors (Lipinski definition) is 1. The van der Waals surface area contributed by atoms with Crippen LogP contribution >= 0.6 is 0 Å². The van der Waals surface area contributed by atoms with Crippen molar-refractivity contribution in [3.8, 4) is 0 Å². The molecule has 0 fully saturated rings. The van der Waals surface area contributed by atoms with E-state index in [2.05, 4.69) is 5.32 Å². The second-order valence-electron chi connectivity index (χ2n) is 7.04. The Balaban J connectivity index is 2.13. The lowest BCUT2D eigenvalue weighted by atomic mass is 10.0. The molecule has 0 bridgehead atoms. The third kappa shape index (κ3) is 5.30. The normalized spacial score (nSPS) is 12.9. The van der Waals surface area contributed by atoms with Crippen LogP contribution in [0.25, 0.3) is 10.8 Å². The van der Waals surface area contributed by atoms with Crippen molar-refractivity contribution in [3.63, 3.8) is 0 Å². The van der Waals surface area contributed by atoms with Crippen molar-refractivity contribution in [2.75, 3.05) is 20.7 Å². The first kappa shape index (κ1) is 21.8. The highest BCUT2D eigenvalue weighted by Crippen LogP contribution is 2.21. The van der Waals surface area contributed by atoms with Crippen LogP contribution in [0.2, 0.25) is 0 Å². The van der Waals surface area contributed by atoms with E-state index >= 15 is 0 Å². The van der Waals surface area contributed by atoms with Crippen LogP contribution in [-0.2, 0) is 24.3 Å². The largest absolute Gasteiger partial charge is 0.467 e. The Morgan fingerprint density at radius 2 is 1.75 bits per heavy atom. The number of likely N-dealkylation sites (N-methyl/N-ethyl adjacent to an activating group) is 1. The van der Waals surface area contributed by atoms with Gasteiger partial charge in [0.2, 0.25) is 15.9 Å². The smallest absolute Gasteiger partial charge is 0.328 e. The van der Waals surface area contributed by atoms with Gasteiger partial charge in [-0.05, 0) is 35.2 Å². The number of ether oxygens (including phenoxy) is 1. The van der Waals surface area contributed by atoms with E-state index in [0.29, 0.717) is 6.42 Å².